The first-order valence-corrected chi connectivity index (χ1v) is 11.0. The molecular formula is C21H25N5O5S. The van der Waals surface area contributed by atoms with Crippen LogP contribution in [0.4, 0.5) is 10.5 Å². The SMILES string of the molecule is Cc1csc(CC(=O)NNC(=O)COC(=O)C2CCN(C(=O)Nc3ccccc3)CC2)n1. The van der Waals surface area contributed by atoms with Gasteiger partial charge in [0.05, 0.1) is 12.3 Å². The minimum Gasteiger partial charge on any atom is -0.455 e. The molecule has 10 nitrogen and oxygen atoms in total. The Hall–Kier alpha value is -3.47. The summed E-state index contributed by atoms with van der Waals surface area (Å²) in [4.78, 5) is 54.0. The smallest absolute Gasteiger partial charge is 0.321 e. The summed E-state index contributed by atoms with van der Waals surface area (Å²) in [6, 6.07) is 8.92. The normalized spacial score (nSPS) is 13.8. The van der Waals surface area contributed by atoms with E-state index in [-0.39, 0.29) is 18.4 Å². The molecule has 170 valence electrons. The minimum atomic E-state index is -0.637. The van der Waals surface area contributed by atoms with Crippen molar-refractivity contribution in [3.63, 3.8) is 0 Å². The minimum absolute atomic E-state index is 0.0506. The number of ether oxygens (including phenoxy) is 1. The molecule has 1 saturated heterocycles. The van der Waals surface area contributed by atoms with Gasteiger partial charge in [0.25, 0.3) is 5.91 Å². The van der Waals surface area contributed by atoms with E-state index in [2.05, 4.69) is 21.2 Å². The summed E-state index contributed by atoms with van der Waals surface area (Å²) in [6.07, 6.45) is 0.953. The molecule has 4 amide bonds. The summed E-state index contributed by atoms with van der Waals surface area (Å²) in [5.41, 5.74) is 6.02. The number of likely N-dealkylation sites (tertiary alicyclic amines) is 1. The van der Waals surface area contributed by atoms with E-state index in [9.17, 15) is 19.2 Å². The van der Waals surface area contributed by atoms with Crippen molar-refractivity contribution in [2.75, 3.05) is 25.0 Å². The van der Waals surface area contributed by atoms with Gasteiger partial charge < -0.3 is 15.0 Å². The Bertz CT molecular complexity index is 956. The first-order chi connectivity index (χ1) is 15.4. The fourth-order valence-corrected chi connectivity index (χ4v) is 3.91. The number of urea groups is 1. The summed E-state index contributed by atoms with van der Waals surface area (Å²) >= 11 is 1.36. The van der Waals surface area contributed by atoms with Crippen LogP contribution in [0.25, 0.3) is 0 Å². The van der Waals surface area contributed by atoms with E-state index in [0.29, 0.717) is 36.6 Å². The highest BCUT2D eigenvalue weighted by Gasteiger charge is 2.28. The molecule has 0 atom stereocenters. The quantitative estimate of drug-likeness (QED) is 0.445. The molecular weight excluding hydrogens is 434 g/mol. The van der Waals surface area contributed by atoms with E-state index in [1.165, 1.54) is 11.3 Å². The van der Waals surface area contributed by atoms with Crippen LogP contribution in [0.2, 0.25) is 0 Å². The summed E-state index contributed by atoms with van der Waals surface area (Å²) in [6.45, 7) is 2.16. The van der Waals surface area contributed by atoms with Gasteiger partial charge in [-0.3, -0.25) is 25.2 Å². The highest BCUT2D eigenvalue weighted by molar-refractivity contribution is 7.09. The first kappa shape index (κ1) is 23.2. The lowest BCUT2D eigenvalue weighted by Crippen LogP contribution is -2.45. The lowest BCUT2D eigenvalue weighted by Gasteiger charge is -2.30. The van der Waals surface area contributed by atoms with Crippen molar-refractivity contribution in [1.29, 1.82) is 0 Å². The molecule has 32 heavy (non-hydrogen) atoms. The van der Waals surface area contributed by atoms with Crippen LogP contribution in [-0.4, -0.2) is 53.4 Å². The standard InChI is InChI=1S/C21H25N5O5S/c1-14-13-32-19(22-14)11-17(27)24-25-18(28)12-31-20(29)15-7-9-26(10-8-15)21(30)23-16-5-3-2-4-6-16/h2-6,13,15H,7-12H2,1H3,(H,23,30)(H,24,27)(H,25,28). The fraction of sp³-hybridized carbons (Fsp3) is 0.381. The van der Waals surface area contributed by atoms with E-state index < -0.39 is 24.4 Å². The molecule has 1 aromatic carbocycles. The van der Waals surface area contributed by atoms with Gasteiger partial charge in [0.15, 0.2) is 6.61 Å². The average Bonchev–Trinajstić information content (AvgIpc) is 3.21. The molecule has 0 aliphatic carbocycles. The zero-order valence-corrected chi connectivity index (χ0v) is 18.4. The average molecular weight is 460 g/mol. The van der Waals surface area contributed by atoms with E-state index in [1.54, 1.807) is 17.0 Å². The van der Waals surface area contributed by atoms with Crippen molar-refractivity contribution in [3.05, 3.63) is 46.4 Å². The number of hydrogen-bond acceptors (Lipinski definition) is 7. The van der Waals surface area contributed by atoms with Crippen molar-refractivity contribution in [1.82, 2.24) is 20.7 Å². The molecule has 0 spiro atoms. The van der Waals surface area contributed by atoms with Crippen LogP contribution in [0.1, 0.15) is 23.5 Å². The van der Waals surface area contributed by atoms with Crippen LogP contribution in [0, 0.1) is 12.8 Å². The Labute approximate surface area is 189 Å². The molecule has 1 aromatic heterocycles. The molecule has 2 heterocycles. The molecule has 3 rings (SSSR count). The molecule has 3 N–H and O–H groups in total. The number of rotatable bonds is 6. The number of nitrogens with zero attached hydrogens (tertiary/aromatic N) is 2. The lowest BCUT2D eigenvalue weighted by atomic mass is 9.97. The van der Waals surface area contributed by atoms with Gasteiger partial charge in [0.2, 0.25) is 5.91 Å². The Kier molecular flexibility index (Phi) is 8.14. The molecule has 1 fully saturated rings. The molecule has 0 saturated carbocycles. The van der Waals surface area contributed by atoms with Crippen molar-refractivity contribution in [2.45, 2.75) is 26.2 Å². The van der Waals surface area contributed by atoms with Gasteiger partial charge >= 0.3 is 12.0 Å². The number of carbonyl (C=O) groups excluding carboxylic acids is 4. The van der Waals surface area contributed by atoms with Gasteiger partial charge in [-0.05, 0) is 31.9 Å². The van der Waals surface area contributed by atoms with Gasteiger partial charge in [-0.1, -0.05) is 18.2 Å². The van der Waals surface area contributed by atoms with Crippen molar-refractivity contribution in [2.24, 2.45) is 5.92 Å². The largest absolute Gasteiger partial charge is 0.455 e. The van der Waals surface area contributed by atoms with E-state index in [1.807, 2.05) is 30.5 Å². The van der Waals surface area contributed by atoms with Crippen LogP contribution < -0.4 is 16.2 Å². The van der Waals surface area contributed by atoms with Crippen LogP contribution in [0.5, 0.6) is 0 Å². The van der Waals surface area contributed by atoms with E-state index in [4.69, 9.17) is 4.74 Å². The number of nitrogens with one attached hydrogen (secondary N) is 3. The Balaban J connectivity index is 1.31. The number of hydrazine groups is 1. The van der Waals surface area contributed by atoms with Gasteiger partial charge in [-0.25, -0.2) is 9.78 Å². The summed E-state index contributed by atoms with van der Waals surface area (Å²) < 4.78 is 5.06. The number of amides is 4. The number of piperidine rings is 1. The maximum atomic E-state index is 12.3. The lowest BCUT2D eigenvalue weighted by molar-refractivity contribution is -0.154. The molecule has 1 aliphatic heterocycles. The third-order valence-electron chi connectivity index (χ3n) is 4.81. The van der Waals surface area contributed by atoms with E-state index >= 15 is 0 Å². The van der Waals surface area contributed by atoms with Crippen molar-refractivity contribution < 1.29 is 23.9 Å². The van der Waals surface area contributed by atoms with Crippen molar-refractivity contribution >= 4 is 40.8 Å². The highest BCUT2D eigenvalue weighted by Crippen LogP contribution is 2.19. The molecule has 0 radical (unpaired) electrons. The van der Waals surface area contributed by atoms with Gasteiger partial charge in [-0.15, -0.1) is 11.3 Å². The molecule has 0 bridgehead atoms. The molecule has 0 unspecified atom stereocenters. The van der Waals surface area contributed by atoms with Crippen LogP contribution >= 0.6 is 11.3 Å². The van der Waals surface area contributed by atoms with Gasteiger partial charge in [0, 0.05) is 29.9 Å². The van der Waals surface area contributed by atoms with Crippen LogP contribution in [-0.2, 0) is 25.5 Å². The third kappa shape index (κ3) is 7.05. The van der Waals surface area contributed by atoms with Gasteiger partial charge in [-0.2, -0.15) is 0 Å². The Morgan fingerprint density at radius 1 is 1.09 bits per heavy atom. The number of esters is 1. The first-order valence-electron chi connectivity index (χ1n) is 10.2. The van der Waals surface area contributed by atoms with Crippen molar-refractivity contribution in [3.8, 4) is 0 Å². The number of hydrogen-bond donors (Lipinski definition) is 3. The second-order valence-corrected chi connectivity index (χ2v) is 8.26. The number of para-hydroxylation sites is 1. The molecule has 1 aliphatic rings. The predicted molar refractivity (Wildman–Crippen MR) is 118 cm³/mol. The number of aryl methyl sites for hydroxylation is 1. The third-order valence-corrected chi connectivity index (χ3v) is 5.77. The Morgan fingerprint density at radius 3 is 2.44 bits per heavy atom. The summed E-state index contributed by atoms with van der Waals surface area (Å²) in [5, 5.41) is 5.29. The predicted octanol–water partition coefficient (Wildman–Crippen LogP) is 1.63. The maximum absolute atomic E-state index is 12.3. The number of aromatic nitrogens is 1. The van der Waals surface area contributed by atoms with Crippen LogP contribution in [0.3, 0.4) is 0 Å². The maximum Gasteiger partial charge on any atom is 0.321 e. The fourth-order valence-electron chi connectivity index (χ4n) is 3.14. The molecule has 2 aromatic rings. The number of anilines is 1. The van der Waals surface area contributed by atoms with E-state index in [0.717, 1.165) is 5.69 Å². The number of thiazole rings is 1. The number of carbonyl (C=O) groups is 4. The van der Waals surface area contributed by atoms with Crippen LogP contribution in [0.15, 0.2) is 35.7 Å². The second kappa shape index (κ2) is 11.2. The zero-order chi connectivity index (χ0) is 22.9. The summed E-state index contributed by atoms with van der Waals surface area (Å²) in [7, 11) is 0. The topological polar surface area (TPSA) is 130 Å². The second-order valence-electron chi connectivity index (χ2n) is 7.32. The zero-order valence-electron chi connectivity index (χ0n) is 17.6. The number of benzene rings is 1. The summed E-state index contributed by atoms with van der Waals surface area (Å²) in [5.74, 6) is -1.93. The monoisotopic (exact) mass is 459 g/mol. The van der Waals surface area contributed by atoms with Gasteiger partial charge in [0.1, 0.15) is 5.01 Å². The highest BCUT2D eigenvalue weighted by atomic mass is 32.1. The Morgan fingerprint density at radius 2 is 1.78 bits per heavy atom. The molecule has 11 heteroatoms.